The van der Waals surface area contributed by atoms with Gasteiger partial charge in [-0.15, -0.1) is 0 Å². The predicted octanol–water partition coefficient (Wildman–Crippen LogP) is 5.24. The summed E-state index contributed by atoms with van der Waals surface area (Å²) in [5.41, 5.74) is 0.737. The molecule has 590 valence electrons. The highest BCUT2D eigenvalue weighted by Crippen LogP contribution is 2.65. The Balaban J connectivity index is 0.000000152. The molecule has 30 heteroatoms. The van der Waals surface area contributed by atoms with E-state index >= 15 is 0 Å². The zero-order valence-electron chi connectivity index (χ0n) is 62.4. The van der Waals surface area contributed by atoms with E-state index in [1.54, 1.807) is 0 Å². The maximum absolute atomic E-state index is 12.3. The highest BCUT2D eigenvalue weighted by Gasteiger charge is 2.68. The van der Waals surface area contributed by atoms with Crippen LogP contribution in [0.3, 0.4) is 0 Å². The molecule has 8 saturated carbocycles. The van der Waals surface area contributed by atoms with Crippen LogP contribution >= 0.6 is 0 Å². The highest BCUT2D eigenvalue weighted by atomic mass is 16.6. The van der Waals surface area contributed by atoms with Gasteiger partial charge in [-0.25, -0.2) is 28.8 Å². The highest BCUT2D eigenvalue weighted by molar-refractivity contribution is 6.06. The maximum Gasteiger partial charge on any atom is 0.333 e. The molecule has 0 N–H and O–H groups in total. The van der Waals surface area contributed by atoms with E-state index in [1.165, 1.54) is 88.7 Å². The van der Waals surface area contributed by atoms with Crippen molar-refractivity contribution < 1.29 is 115 Å². The Kier molecular flexibility index (Phi) is 28.2. The molecule has 8 aliphatic carbocycles. The van der Waals surface area contributed by atoms with E-state index in [-0.39, 0.29) is 138 Å². The first-order valence-corrected chi connectivity index (χ1v) is 37.9. The van der Waals surface area contributed by atoms with Gasteiger partial charge in [-0.3, -0.25) is 86.9 Å². The van der Waals surface area contributed by atoms with Crippen molar-refractivity contribution in [1.82, 2.24) is 29.4 Å². The number of ether oxygens (including phenoxy) is 6. The molecular weight excluding hydrogens is 1420 g/mol. The lowest BCUT2D eigenvalue weighted by molar-refractivity contribution is -0.172. The second-order valence-electron chi connectivity index (χ2n) is 30.4. The number of carbonyl (C=O) groups excluding carboxylic acids is 18. The SMILES string of the molecule is C=C(C)C(=O)OCC(=O)N1C(=O)C2CC3C4CCC(C4)C3C21.C=C(C)C(=O)OCC(=O)N1C(=O)C2CCCC21.C=C(C)C(=O)OCC(=O)N1CCCCCC1=O.C=CC(=O)OCC(=O)N1C(=O)C2CC3C4CCC(C4)C3C21.C=CC(=O)OCC(=O)N1C(=O)C2CCCC21.C=CC(=O)OCC(=O)N1CCCCCC1=O. The van der Waals surface area contributed by atoms with Crippen molar-refractivity contribution in [2.24, 2.45) is 71.0 Å². The van der Waals surface area contributed by atoms with E-state index in [0.717, 1.165) is 120 Å². The number of rotatable bonds is 18. The third-order valence-electron chi connectivity index (χ3n) is 23.8. The molecule has 14 rings (SSSR count). The molecule has 0 aromatic rings. The first-order chi connectivity index (χ1) is 51.9. The molecule has 14 fully saturated rings. The van der Waals surface area contributed by atoms with Crippen LogP contribution in [-0.4, -0.2) is 213 Å². The number of carbonyl (C=O) groups is 18. The zero-order chi connectivity index (χ0) is 79.4. The fraction of sp³-hybridized carbons (Fsp3) is 0.620. The summed E-state index contributed by atoms with van der Waals surface area (Å²) in [6.07, 6.45) is 23.9. The van der Waals surface area contributed by atoms with Gasteiger partial charge >= 0.3 is 35.8 Å². The van der Waals surface area contributed by atoms with Gasteiger partial charge in [-0.1, -0.05) is 65.2 Å². The molecule has 0 radical (unpaired) electrons. The minimum atomic E-state index is -0.657. The topological polar surface area (TPSA) is 382 Å². The smallest absolute Gasteiger partial charge is 0.333 e. The summed E-state index contributed by atoms with van der Waals surface area (Å²) in [5, 5.41) is 0. The van der Waals surface area contributed by atoms with Gasteiger partial charge in [0, 0.05) is 60.9 Å². The van der Waals surface area contributed by atoms with Crippen molar-refractivity contribution in [2.45, 2.75) is 186 Å². The van der Waals surface area contributed by atoms with Crippen LogP contribution in [0.1, 0.15) is 162 Å². The molecule has 0 spiro atoms. The Bertz CT molecular complexity index is 3670. The molecular formula is C79H100N6O24. The predicted molar refractivity (Wildman–Crippen MR) is 380 cm³/mol. The quantitative estimate of drug-likeness (QED) is 0.0733. The van der Waals surface area contributed by atoms with Gasteiger partial charge in [-0.2, -0.15) is 0 Å². The number of imide groups is 6. The van der Waals surface area contributed by atoms with Crippen LogP contribution in [0.5, 0.6) is 0 Å². The van der Waals surface area contributed by atoms with Crippen molar-refractivity contribution in [1.29, 1.82) is 0 Å². The van der Waals surface area contributed by atoms with Crippen LogP contribution in [0.15, 0.2) is 74.4 Å². The van der Waals surface area contributed by atoms with Crippen molar-refractivity contribution in [2.75, 3.05) is 52.7 Å². The minimum absolute atomic E-state index is 0.0239. The fourth-order valence-corrected chi connectivity index (χ4v) is 18.8. The molecule has 6 saturated heterocycles. The van der Waals surface area contributed by atoms with Crippen LogP contribution in [0.2, 0.25) is 0 Å². The van der Waals surface area contributed by atoms with Gasteiger partial charge in [0.05, 0.1) is 47.8 Å². The number of amides is 12. The molecule has 109 heavy (non-hydrogen) atoms. The van der Waals surface area contributed by atoms with Gasteiger partial charge in [-0.05, 0) is 171 Å². The summed E-state index contributed by atoms with van der Waals surface area (Å²) < 4.78 is 28.4. The lowest BCUT2D eigenvalue weighted by atomic mass is 9.77. The Hall–Kier alpha value is -9.90. The summed E-state index contributed by atoms with van der Waals surface area (Å²) in [6.45, 7) is 23.2. The molecule has 30 nitrogen and oxygen atoms in total. The van der Waals surface area contributed by atoms with Crippen molar-refractivity contribution >= 4 is 107 Å². The molecule has 16 atom stereocenters. The Morgan fingerprint density at radius 1 is 0.349 bits per heavy atom. The van der Waals surface area contributed by atoms with E-state index in [1.807, 2.05) is 0 Å². The number of nitrogens with zero attached hydrogens (tertiary/aromatic N) is 6. The standard InChI is InChI=1S/C17H21NO4.C16H19NO4.C12H15NO4.C12H17NO4.C11H13NO4.C11H15NO4/c1-8(2)17(21)22-7-13(19)18-15-12(16(18)20)6-11-9-3-4-10(5-9)14(11)15;1-2-13(19)21-7-12(18)17-15-11(16(17)20)6-10-8-3-4-9(5-8)14(10)15;1-7(2)12(16)17-6-10(14)13-9-5-3-4-8(9)11(13)15;1-9(2)12(16)17-8-11(15)13-7-5-3-4-6-10(13)14;1-2-10(14)16-6-9(13)12-8-5-3-4-7(8)11(12)15;1-2-11(15)16-8-10(14)12-7-5-3-4-6-9(12)13/h9-12,14-15H,1,3-7H2,2H3;2,8-11,14-15H,1,3-7H2;8-9H,1,3-6H2,2H3;1,3-8H2,2H3;2,7-8H,1,3-6H2;2H,1,3-8H2. The normalized spacial score (nSPS) is 29.4. The maximum atomic E-state index is 12.3. The van der Waals surface area contributed by atoms with Crippen molar-refractivity contribution in [3.05, 3.63) is 74.4 Å². The molecule has 14 aliphatic rings. The summed E-state index contributed by atoms with van der Waals surface area (Å²) in [5.74, 6) is -1.64. The zero-order valence-corrected chi connectivity index (χ0v) is 62.4. The summed E-state index contributed by atoms with van der Waals surface area (Å²) in [6, 6.07) is 0.234. The second kappa shape index (κ2) is 37.0. The van der Waals surface area contributed by atoms with E-state index < -0.39 is 72.7 Å². The van der Waals surface area contributed by atoms with Gasteiger partial charge in [0.15, 0.2) is 39.6 Å². The lowest BCUT2D eigenvalue weighted by Crippen LogP contribution is -2.64. The van der Waals surface area contributed by atoms with Gasteiger partial charge in [0.2, 0.25) is 35.4 Å². The van der Waals surface area contributed by atoms with Crippen LogP contribution < -0.4 is 0 Å². The number of likely N-dealkylation sites (tertiary alicyclic amines) is 6. The second-order valence-corrected chi connectivity index (χ2v) is 30.4. The van der Waals surface area contributed by atoms with Crippen molar-refractivity contribution in [3.63, 3.8) is 0 Å². The van der Waals surface area contributed by atoms with Crippen LogP contribution in [0.25, 0.3) is 0 Å². The first kappa shape index (κ1) is 83.1. The van der Waals surface area contributed by atoms with Crippen molar-refractivity contribution in [3.8, 4) is 0 Å². The molecule has 12 amide bonds. The van der Waals surface area contributed by atoms with Gasteiger partial charge in [0.25, 0.3) is 35.4 Å². The molecule has 6 heterocycles. The molecule has 6 aliphatic heterocycles. The van der Waals surface area contributed by atoms with Gasteiger partial charge < -0.3 is 28.4 Å². The average Bonchev–Trinajstić information content (AvgIpc) is 1.55. The van der Waals surface area contributed by atoms with Crippen LogP contribution in [0.4, 0.5) is 0 Å². The third-order valence-corrected chi connectivity index (χ3v) is 23.8. The number of fused-ring (bicyclic) bond motifs is 16. The fourth-order valence-electron chi connectivity index (χ4n) is 18.8. The summed E-state index contributed by atoms with van der Waals surface area (Å²) in [7, 11) is 0. The van der Waals surface area contributed by atoms with E-state index in [0.29, 0.717) is 61.4 Å². The summed E-state index contributed by atoms with van der Waals surface area (Å²) in [4.78, 5) is 216. The monoisotopic (exact) mass is 1520 g/mol. The molecule has 4 bridgehead atoms. The van der Waals surface area contributed by atoms with E-state index in [4.69, 9.17) is 18.9 Å². The third kappa shape index (κ3) is 18.7. The Morgan fingerprint density at radius 3 is 0.991 bits per heavy atom. The molecule has 0 aromatic carbocycles. The first-order valence-electron chi connectivity index (χ1n) is 37.9. The number of hydrogen-bond donors (Lipinski definition) is 0. The Morgan fingerprint density at radius 2 is 0.651 bits per heavy atom. The Labute approximate surface area is 632 Å². The number of hydrogen-bond acceptors (Lipinski definition) is 24. The lowest BCUT2D eigenvalue weighted by Gasteiger charge is -2.45. The van der Waals surface area contributed by atoms with Gasteiger partial charge in [0.1, 0.15) is 0 Å². The number of β-lactam (4-membered cyclic amide) rings is 4. The molecule has 16 unspecified atom stereocenters. The summed E-state index contributed by atoms with van der Waals surface area (Å²) >= 11 is 0. The average molecular weight is 1520 g/mol. The van der Waals surface area contributed by atoms with E-state index in [9.17, 15) is 86.3 Å². The minimum Gasteiger partial charge on any atom is -0.452 e. The molecule has 0 aromatic heterocycles. The number of esters is 6. The van der Waals surface area contributed by atoms with Crippen LogP contribution in [-0.2, 0) is 115 Å². The largest absolute Gasteiger partial charge is 0.452 e. The van der Waals surface area contributed by atoms with E-state index in [2.05, 4.69) is 48.9 Å². The van der Waals surface area contributed by atoms with Crippen LogP contribution in [0, 0.1) is 71.0 Å².